The summed E-state index contributed by atoms with van der Waals surface area (Å²) in [6.07, 6.45) is 1.64. The molecule has 48 heavy (non-hydrogen) atoms. The number of thiol groups is 2. The quantitative estimate of drug-likeness (QED) is 0.143. The Hall–Kier alpha value is -5.16. The van der Waals surface area contributed by atoms with Gasteiger partial charge in [-0.25, -0.2) is 0 Å². The van der Waals surface area contributed by atoms with Crippen LogP contribution in [0.25, 0.3) is 22.3 Å². The molecule has 0 saturated heterocycles. The van der Waals surface area contributed by atoms with Crippen molar-refractivity contribution in [3.63, 3.8) is 0 Å². The highest BCUT2D eigenvalue weighted by Crippen LogP contribution is 2.36. The van der Waals surface area contributed by atoms with E-state index in [1.54, 1.807) is 0 Å². The van der Waals surface area contributed by atoms with Gasteiger partial charge in [0.1, 0.15) is 23.0 Å². The zero-order valence-electron chi connectivity index (χ0n) is 26.3. The van der Waals surface area contributed by atoms with Crippen molar-refractivity contribution in [1.82, 2.24) is 0 Å². The minimum atomic E-state index is 0.768. The van der Waals surface area contributed by atoms with Gasteiger partial charge in [0, 0.05) is 9.79 Å². The van der Waals surface area contributed by atoms with Gasteiger partial charge in [-0.15, -0.1) is 25.3 Å². The summed E-state index contributed by atoms with van der Waals surface area (Å²) in [6, 6.07) is 57.9. The molecule has 4 heteroatoms. The lowest BCUT2D eigenvalue weighted by Crippen LogP contribution is -1.96. The van der Waals surface area contributed by atoms with E-state index < -0.39 is 0 Å². The summed E-state index contributed by atoms with van der Waals surface area (Å²) in [4.78, 5) is 1.76. The van der Waals surface area contributed by atoms with Crippen molar-refractivity contribution in [3.8, 4) is 45.3 Å². The Morgan fingerprint density at radius 3 is 1.10 bits per heavy atom. The molecule has 0 fully saturated rings. The van der Waals surface area contributed by atoms with E-state index >= 15 is 0 Å². The van der Waals surface area contributed by atoms with Gasteiger partial charge < -0.3 is 9.47 Å². The minimum absolute atomic E-state index is 0.768. The molecular weight excluding hydrogens is 625 g/mol. The predicted octanol–water partition coefficient (Wildman–Crippen LogP) is 12.4. The first-order chi connectivity index (χ1) is 23.6. The van der Waals surface area contributed by atoms with Crippen LogP contribution in [-0.2, 0) is 12.8 Å². The van der Waals surface area contributed by atoms with Gasteiger partial charge in [0.2, 0.25) is 0 Å². The lowest BCUT2D eigenvalue weighted by atomic mass is 9.92. The van der Waals surface area contributed by atoms with Crippen LogP contribution in [0.15, 0.2) is 180 Å². The number of rotatable bonds is 10. The van der Waals surface area contributed by atoms with E-state index in [9.17, 15) is 0 Å². The van der Waals surface area contributed by atoms with E-state index in [4.69, 9.17) is 34.7 Å². The Balaban J connectivity index is 1.06. The van der Waals surface area contributed by atoms with Gasteiger partial charge in [0.25, 0.3) is 0 Å². The molecule has 0 N–H and O–H groups in total. The maximum Gasteiger partial charge on any atom is 0.128 e. The van der Waals surface area contributed by atoms with Crippen LogP contribution in [0.3, 0.4) is 0 Å². The van der Waals surface area contributed by atoms with E-state index in [0.29, 0.717) is 0 Å². The minimum Gasteiger partial charge on any atom is -0.457 e. The van der Waals surface area contributed by atoms with Gasteiger partial charge in [-0.1, -0.05) is 109 Å². The molecule has 0 heterocycles. The van der Waals surface area contributed by atoms with Crippen LogP contribution < -0.4 is 9.47 Å². The molecule has 0 aromatic heterocycles. The van der Waals surface area contributed by atoms with Crippen LogP contribution >= 0.6 is 25.3 Å². The second-order valence-corrected chi connectivity index (χ2v) is 12.6. The molecule has 2 nitrogen and oxygen atoms in total. The molecule has 0 aliphatic carbocycles. The molecule has 0 aliphatic rings. The lowest BCUT2D eigenvalue weighted by Gasteiger charge is -2.15. The molecule has 0 amide bonds. The third-order valence-corrected chi connectivity index (χ3v) is 9.06. The molecule has 0 spiro atoms. The highest BCUT2D eigenvalue weighted by molar-refractivity contribution is 7.80. The van der Waals surface area contributed by atoms with Crippen molar-refractivity contribution in [2.24, 2.45) is 0 Å². The summed E-state index contributed by atoms with van der Waals surface area (Å²) in [6.45, 7) is 0. The van der Waals surface area contributed by atoms with Gasteiger partial charge in [-0.05, 0) is 118 Å². The monoisotopic (exact) mass is 658 g/mol. The van der Waals surface area contributed by atoms with Crippen LogP contribution in [-0.4, -0.2) is 0 Å². The smallest absolute Gasteiger partial charge is 0.128 e. The van der Waals surface area contributed by atoms with Crippen molar-refractivity contribution in [2.75, 3.05) is 0 Å². The number of hydrogen-bond donors (Lipinski definition) is 2. The molecule has 0 atom stereocenters. The Bertz CT molecular complexity index is 1990. The summed E-state index contributed by atoms with van der Waals surface area (Å²) in [5, 5.41) is 0. The first-order valence-electron chi connectivity index (χ1n) is 16.0. The molecule has 0 aliphatic heterocycles. The van der Waals surface area contributed by atoms with E-state index in [0.717, 1.165) is 56.8 Å². The Morgan fingerprint density at radius 1 is 0.333 bits per heavy atom. The molecule has 234 valence electrons. The number of ether oxygens (including phenoxy) is 2. The van der Waals surface area contributed by atoms with Crippen molar-refractivity contribution >= 4 is 25.3 Å². The van der Waals surface area contributed by atoms with Gasteiger partial charge in [-0.2, -0.15) is 0 Å². The van der Waals surface area contributed by atoms with Crippen LogP contribution in [0.2, 0.25) is 0 Å². The molecule has 0 saturated carbocycles. The van der Waals surface area contributed by atoms with E-state index in [1.165, 1.54) is 33.4 Å². The molecule has 0 unspecified atom stereocenters. The third-order valence-electron chi connectivity index (χ3n) is 8.32. The summed E-state index contributed by atoms with van der Waals surface area (Å²) in [5.74, 6) is 3.15. The predicted molar refractivity (Wildman–Crippen MR) is 203 cm³/mol. The maximum absolute atomic E-state index is 6.03. The van der Waals surface area contributed by atoms with Crippen molar-refractivity contribution in [2.45, 2.75) is 22.6 Å². The average Bonchev–Trinajstić information content (AvgIpc) is 3.11. The number of para-hydroxylation sites is 2. The largest absolute Gasteiger partial charge is 0.457 e. The molecule has 7 aromatic rings. The maximum atomic E-state index is 6.03. The Morgan fingerprint density at radius 2 is 0.708 bits per heavy atom. The van der Waals surface area contributed by atoms with Gasteiger partial charge in [-0.3, -0.25) is 0 Å². The summed E-state index contributed by atoms with van der Waals surface area (Å²) in [5.41, 5.74) is 9.56. The second kappa shape index (κ2) is 14.7. The highest BCUT2D eigenvalue weighted by Gasteiger charge is 2.13. The summed E-state index contributed by atoms with van der Waals surface area (Å²) < 4.78 is 12.1. The standard InChI is InChI=1S/C44H34O2S2/c47-43-29-37(45-35-13-3-1-4-14-35)23-25-41(43)39-17-9-7-11-33(39)27-31-19-21-32(22-20-31)28-34-12-8-10-18-40(34)42-26-24-38(30-44(42)48)46-36-15-5-2-6-16-36/h1-26,29-30,47-48H,27-28H2. The average molecular weight is 659 g/mol. The van der Waals surface area contributed by atoms with Crippen molar-refractivity contribution in [3.05, 3.63) is 192 Å². The van der Waals surface area contributed by atoms with Crippen LogP contribution in [0, 0.1) is 0 Å². The van der Waals surface area contributed by atoms with Crippen molar-refractivity contribution in [1.29, 1.82) is 0 Å². The Labute approximate surface area is 293 Å². The topological polar surface area (TPSA) is 18.5 Å². The molecular formula is C44H34O2S2. The van der Waals surface area contributed by atoms with Crippen molar-refractivity contribution < 1.29 is 9.47 Å². The fourth-order valence-electron chi connectivity index (χ4n) is 5.94. The SMILES string of the molecule is Sc1cc(Oc2ccccc2)ccc1-c1ccccc1Cc1ccc(Cc2ccccc2-c2ccc(Oc3ccccc3)cc2S)cc1. The lowest BCUT2D eigenvalue weighted by molar-refractivity contribution is 0.481. The van der Waals surface area contributed by atoms with E-state index in [1.807, 2.05) is 84.9 Å². The molecule has 7 aromatic carbocycles. The van der Waals surface area contributed by atoms with Gasteiger partial charge in [0.15, 0.2) is 0 Å². The zero-order chi connectivity index (χ0) is 32.7. The fourth-order valence-corrected chi connectivity index (χ4v) is 6.59. The number of benzene rings is 7. The first kappa shape index (κ1) is 31.4. The summed E-state index contributed by atoms with van der Waals surface area (Å²) in [7, 11) is 0. The first-order valence-corrected chi connectivity index (χ1v) is 16.8. The van der Waals surface area contributed by atoms with E-state index in [2.05, 4.69) is 84.9 Å². The molecule has 7 rings (SSSR count). The highest BCUT2D eigenvalue weighted by atomic mass is 32.1. The third kappa shape index (κ3) is 7.52. The normalized spacial score (nSPS) is 10.9. The second-order valence-electron chi connectivity index (χ2n) is 11.7. The van der Waals surface area contributed by atoms with Gasteiger partial charge >= 0.3 is 0 Å². The van der Waals surface area contributed by atoms with Crippen LogP contribution in [0.5, 0.6) is 23.0 Å². The number of hydrogen-bond acceptors (Lipinski definition) is 4. The van der Waals surface area contributed by atoms with Crippen LogP contribution in [0.4, 0.5) is 0 Å². The molecule has 0 radical (unpaired) electrons. The zero-order valence-corrected chi connectivity index (χ0v) is 28.1. The molecule has 0 bridgehead atoms. The summed E-state index contributed by atoms with van der Waals surface area (Å²) >= 11 is 9.71. The van der Waals surface area contributed by atoms with Gasteiger partial charge in [0.05, 0.1) is 0 Å². The van der Waals surface area contributed by atoms with Crippen LogP contribution in [0.1, 0.15) is 22.3 Å². The Kier molecular flexibility index (Phi) is 9.65. The van der Waals surface area contributed by atoms with E-state index in [-0.39, 0.29) is 0 Å². The fraction of sp³-hybridized carbons (Fsp3) is 0.0455.